The number of likely N-dealkylation sites (tertiary alicyclic amines) is 1. The fourth-order valence-corrected chi connectivity index (χ4v) is 4.86. The molecule has 2 heterocycles. The van der Waals surface area contributed by atoms with Gasteiger partial charge in [-0.2, -0.15) is 0 Å². The van der Waals surface area contributed by atoms with Crippen LogP contribution in [0.2, 0.25) is 0 Å². The summed E-state index contributed by atoms with van der Waals surface area (Å²) in [6.45, 7) is 1.25. The van der Waals surface area contributed by atoms with Gasteiger partial charge < -0.3 is 15.0 Å². The van der Waals surface area contributed by atoms with Crippen molar-refractivity contribution in [2.24, 2.45) is 0 Å². The molecule has 25 heavy (non-hydrogen) atoms. The number of rotatable bonds is 5. The van der Waals surface area contributed by atoms with Crippen LogP contribution in [0.25, 0.3) is 10.2 Å². The van der Waals surface area contributed by atoms with E-state index < -0.39 is 0 Å². The number of carbonyl (C=O) groups excluding carboxylic acids is 2. The van der Waals surface area contributed by atoms with Crippen molar-refractivity contribution in [3.05, 3.63) is 24.3 Å². The largest absolute Gasteiger partial charge is 0.453 e. The Morgan fingerprint density at radius 2 is 2.12 bits per heavy atom. The third kappa shape index (κ3) is 4.85. The number of thioether (sulfide) groups is 1. The number of hydrogen-bond acceptors (Lipinski definition) is 6. The van der Waals surface area contributed by atoms with Crippen LogP contribution in [0.5, 0.6) is 0 Å². The van der Waals surface area contributed by atoms with Gasteiger partial charge >= 0.3 is 6.09 Å². The second-order valence-electron chi connectivity index (χ2n) is 5.84. The van der Waals surface area contributed by atoms with Crippen LogP contribution in [0.15, 0.2) is 28.6 Å². The second-order valence-corrected chi connectivity index (χ2v) is 8.22. The quantitative estimate of drug-likeness (QED) is 0.808. The number of carbonyl (C=O) groups is 2. The Hall–Kier alpha value is -1.80. The minimum Gasteiger partial charge on any atom is -0.453 e. The van der Waals surface area contributed by atoms with Gasteiger partial charge in [0, 0.05) is 31.3 Å². The molecule has 1 N–H and O–H groups in total. The van der Waals surface area contributed by atoms with E-state index in [1.165, 1.54) is 11.8 Å². The second kappa shape index (κ2) is 8.53. The van der Waals surface area contributed by atoms with Crippen molar-refractivity contribution in [2.75, 3.05) is 26.0 Å². The van der Waals surface area contributed by atoms with Crippen molar-refractivity contribution in [3.63, 3.8) is 0 Å². The third-order valence-electron chi connectivity index (χ3n) is 4.12. The number of benzene rings is 1. The van der Waals surface area contributed by atoms with Crippen LogP contribution in [0.3, 0.4) is 0 Å². The summed E-state index contributed by atoms with van der Waals surface area (Å²) in [5, 5.41) is 3.06. The summed E-state index contributed by atoms with van der Waals surface area (Å²) in [4.78, 5) is 29.8. The van der Waals surface area contributed by atoms with E-state index in [4.69, 9.17) is 4.74 Å². The number of ether oxygens (including phenoxy) is 1. The van der Waals surface area contributed by atoms with Gasteiger partial charge in [0.05, 0.1) is 17.3 Å². The van der Waals surface area contributed by atoms with Gasteiger partial charge in [0.15, 0.2) is 4.34 Å². The predicted octanol–water partition coefficient (Wildman–Crippen LogP) is 3.13. The van der Waals surface area contributed by atoms with Gasteiger partial charge in [-0.3, -0.25) is 4.79 Å². The Labute approximate surface area is 154 Å². The molecule has 6 nitrogen and oxygen atoms in total. The lowest BCUT2D eigenvalue weighted by molar-refractivity contribution is -0.121. The minimum absolute atomic E-state index is 0.0603. The van der Waals surface area contributed by atoms with Crippen LogP contribution in [-0.4, -0.2) is 53.9 Å². The maximum Gasteiger partial charge on any atom is 0.409 e. The molecule has 0 spiro atoms. The molecule has 3 rings (SSSR count). The fourth-order valence-electron chi connectivity index (χ4n) is 2.78. The maximum absolute atomic E-state index is 12.1. The van der Waals surface area contributed by atoms with E-state index in [1.54, 1.807) is 28.0 Å². The van der Waals surface area contributed by atoms with E-state index in [1.807, 2.05) is 18.2 Å². The van der Waals surface area contributed by atoms with Gasteiger partial charge in [-0.05, 0) is 25.0 Å². The monoisotopic (exact) mass is 379 g/mol. The Kier molecular flexibility index (Phi) is 6.14. The summed E-state index contributed by atoms with van der Waals surface area (Å²) in [6.07, 6.45) is 1.72. The van der Waals surface area contributed by atoms with E-state index in [0.717, 1.165) is 22.7 Å². The summed E-state index contributed by atoms with van der Waals surface area (Å²) in [5.74, 6) is 0.775. The first-order chi connectivity index (χ1) is 12.2. The lowest BCUT2D eigenvalue weighted by atomic mass is 10.1. The molecule has 2 amide bonds. The van der Waals surface area contributed by atoms with Crippen molar-refractivity contribution in [1.29, 1.82) is 0 Å². The lowest BCUT2D eigenvalue weighted by Gasteiger charge is -2.31. The molecule has 1 aromatic carbocycles. The first kappa shape index (κ1) is 18.0. The van der Waals surface area contributed by atoms with E-state index in [0.29, 0.717) is 25.3 Å². The zero-order chi connectivity index (χ0) is 17.6. The number of methoxy groups -OCH3 is 1. The highest BCUT2D eigenvalue weighted by Gasteiger charge is 2.24. The molecule has 0 saturated carbocycles. The first-order valence-corrected chi connectivity index (χ1v) is 10.1. The standard InChI is InChI=1S/C17H21N3O3S2/c1-23-17(22)20-9-6-12(7-10-20)18-15(21)8-11-24-16-19-13-4-2-3-5-14(13)25-16/h2-5,12H,6-11H2,1H3,(H,18,21). The van der Waals surface area contributed by atoms with E-state index in [-0.39, 0.29) is 18.0 Å². The van der Waals surface area contributed by atoms with Crippen molar-refractivity contribution in [1.82, 2.24) is 15.2 Å². The molecule has 1 aliphatic rings. The molecule has 1 aromatic heterocycles. The molecule has 2 aromatic rings. The van der Waals surface area contributed by atoms with Crippen LogP contribution in [-0.2, 0) is 9.53 Å². The van der Waals surface area contributed by atoms with Gasteiger partial charge in [0.2, 0.25) is 5.91 Å². The predicted molar refractivity (Wildman–Crippen MR) is 100 cm³/mol. The van der Waals surface area contributed by atoms with Crippen LogP contribution >= 0.6 is 23.1 Å². The van der Waals surface area contributed by atoms with Crippen molar-refractivity contribution >= 4 is 45.3 Å². The normalized spacial score (nSPS) is 15.3. The number of fused-ring (bicyclic) bond motifs is 1. The number of piperidine rings is 1. The topological polar surface area (TPSA) is 71.5 Å². The number of hydrogen-bond donors (Lipinski definition) is 1. The van der Waals surface area contributed by atoms with Crippen molar-refractivity contribution in [2.45, 2.75) is 29.6 Å². The summed E-state index contributed by atoms with van der Waals surface area (Å²) in [6, 6.07) is 8.19. The smallest absolute Gasteiger partial charge is 0.409 e. The highest BCUT2D eigenvalue weighted by molar-refractivity contribution is 8.01. The first-order valence-electron chi connectivity index (χ1n) is 8.26. The summed E-state index contributed by atoms with van der Waals surface area (Å²) >= 11 is 3.28. The van der Waals surface area contributed by atoms with Crippen LogP contribution in [0.4, 0.5) is 4.79 Å². The number of nitrogens with one attached hydrogen (secondary N) is 1. The van der Waals surface area contributed by atoms with Gasteiger partial charge in [0.25, 0.3) is 0 Å². The number of thiazole rings is 1. The molecule has 1 fully saturated rings. The van der Waals surface area contributed by atoms with E-state index in [9.17, 15) is 9.59 Å². The van der Waals surface area contributed by atoms with E-state index in [2.05, 4.69) is 16.4 Å². The van der Waals surface area contributed by atoms with E-state index >= 15 is 0 Å². The Balaban J connectivity index is 1.38. The average molecular weight is 380 g/mol. The van der Waals surface area contributed by atoms with Crippen molar-refractivity contribution < 1.29 is 14.3 Å². The minimum atomic E-state index is -0.294. The highest BCUT2D eigenvalue weighted by atomic mass is 32.2. The molecule has 1 aliphatic heterocycles. The molecular weight excluding hydrogens is 358 g/mol. The Morgan fingerprint density at radius 3 is 2.84 bits per heavy atom. The molecule has 0 atom stereocenters. The number of para-hydroxylation sites is 1. The van der Waals surface area contributed by atoms with Gasteiger partial charge in [0.1, 0.15) is 0 Å². The van der Waals surface area contributed by atoms with Gasteiger partial charge in [-0.15, -0.1) is 11.3 Å². The number of nitrogens with zero attached hydrogens (tertiary/aromatic N) is 2. The van der Waals surface area contributed by atoms with Gasteiger partial charge in [-0.1, -0.05) is 23.9 Å². The maximum atomic E-state index is 12.1. The lowest BCUT2D eigenvalue weighted by Crippen LogP contribution is -2.46. The number of aromatic nitrogens is 1. The molecule has 0 unspecified atom stereocenters. The van der Waals surface area contributed by atoms with Crippen molar-refractivity contribution in [3.8, 4) is 0 Å². The van der Waals surface area contributed by atoms with Crippen LogP contribution in [0.1, 0.15) is 19.3 Å². The number of amides is 2. The molecule has 8 heteroatoms. The molecule has 0 radical (unpaired) electrons. The zero-order valence-electron chi connectivity index (χ0n) is 14.1. The highest BCUT2D eigenvalue weighted by Crippen LogP contribution is 2.29. The zero-order valence-corrected chi connectivity index (χ0v) is 15.7. The molecule has 0 bridgehead atoms. The third-order valence-corrected chi connectivity index (χ3v) is 6.30. The molecule has 0 aliphatic carbocycles. The SMILES string of the molecule is COC(=O)N1CCC(NC(=O)CCSc2nc3ccccc3s2)CC1. The van der Waals surface area contributed by atoms with Gasteiger partial charge in [-0.25, -0.2) is 9.78 Å². The van der Waals surface area contributed by atoms with Crippen LogP contribution in [0, 0.1) is 0 Å². The summed E-state index contributed by atoms with van der Waals surface area (Å²) in [5.41, 5.74) is 1.01. The fraction of sp³-hybridized carbons (Fsp3) is 0.471. The Bertz CT molecular complexity index is 709. The molecular formula is C17H21N3O3S2. The average Bonchev–Trinajstić information content (AvgIpc) is 3.04. The Morgan fingerprint density at radius 1 is 1.36 bits per heavy atom. The molecule has 134 valence electrons. The summed E-state index contributed by atoms with van der Waals surface area (Å²) < 4.78 is 6.89. The van der Waals surface area contributed by atoms with Crippen LogP contribution < -0.4 is 5.32 Å². The summed E-state index contributed by atoms with van der Waals surface area (Å²) in [7, 11) is 1.39. The molecule has 1 saturated heterocycles.